The van der Waals surface area contributed by atoms with Gasteiger partial charge in [0.2, 0.25) is 11.8 Å². The number of anilines is 2. The fraction of sp³-hybridized carbons (Fsp3) is 0.486. The van der Waals surface area contributed by atoms with Crippen LogP contribution in [0.5, 0.6) is 0 Å². The first-order chi connectivity index (χ1) is 29.6. The summed E-state index contributed by atoms with van der Waals surface area (Å²) in [5.41, 5.74) is -0.182. The molecule has 0 saturated heterocycles. The molecule has 2 aromatic carbocycles. The van der Waals surface area contributed by atoms with Gasteiger partial charge in [-0.1, -0.05) is 0 Å². The number of hydrogen-bond donors (Lipinski definition) is 14. The zero-order valence-corrected chi connectivity index (χ0v) is 45.9. The molecule has 4 atom stereocenters. The van der Waals surface area contributed by atoms with Gasteiger partial charge in [-0.3, -0.25) is 33.7 Å². The minimum absolute atomic E-state index is 0.00680. The standard InChI is InChI=1S/C35H45I6N7O15/c1-47(31-28(40)22(34(62)44-6-16(56)12-52)25(37)23(29(31)41)35(63)45-7-17(57)13-53)19(59)9-48(2-3-49)8-18(58)46-30-26(38)20(32(60)42-4-14(54)10-50)24(36)21(27(30)39)33(61)43-5-15(55)11-51/h14-17,49-57H,2-13H2,1H3,(H,42,60)(H,43,61)(H,44,62)(H,45,63)(H,46,58). The predicted molar refractivity (Wildman–Crippen MR) is 276 cm³/mol. The number of hydrogen-bond acceptors (Lipinski definition) is 16. The summed E-state index contributed by atoms with van der Waals surface area (Å²) in [5, 5.41) is 98.9. The van der Waals surface area contributed by atoms with Gasteiger partial charge in [-0.15, -0.1) is 0 Å². The molecule has 28 heteroatoms. The van der Waals surface area contributed by atoms with Gasteiger partial charge in [0.25, 0.3) is 23.6 Å². The molecule has 0 aliphatic heterocycles. The van der Waals surface area contributed by atoms with Gasteiger partial charge in [-0.25, -0.2) is 0 Å². The van der Waals surface area contributed by atoms with Gasteiger partial charge >= 0.3 is 0 Å². The van der Waals surface area contributed by atoms with Crippen LogP contribution < -0.4 is 31.5 Å². The molecule has 352 valence electrons. The number of nitrogens with one attached hydrogen (secondary N) is 5. The van der Waals surface area contributed by atoms with E-state index in [0.29, 0.717) is 0 Å². The van der Waals surface area contributed by atoms with Crippen LogP contribution in [0.1, 0.15) is 41.4 Å². The average Bonchev–Trinajstić information content (AvgIpc) is 3.24. The van der Waals surface area contributed by atoms with Crippen LogP contribution in [0.25, 0.3) is 0 Å². The minimum Gasteiger partial charge on any atom is -0.395 e. The molecule has 0 heterocycles. The lowest BCUT2D eigenvalue weighted by atomic mass is 10.1. The van der Waals surface area contributed by atoms with E-state index < -0.39 is 106 Å². The monoisotopic (exact) mass is 1560 g/mol. The van der Waals surface area contributed by atoms with Crippen LogP contribution in [0.15, 0.2) is 0 Å². The van der Waals surface area contributed by atoms with Crippen LogP contribution in [0, 0.1) is 21.4 Å². The molecule has 0 aromatic heterocycles. The largest absolute Gasteiger partial charge is 0.395 e. The molecule has 0 aliphatic carbocycles. The molecule has 2 rings (SSSR count). The summed E-state index contributed by atoms with van der Waals surface area (Å²) in [4.78, 5) is 84.2. The highest BCUT2D eigenvalue weighted by Gasteiger charge is 2.33. The minimum atomic E-state index is -1.30. The molecule has 0 fully saturated rings. The number of carbonyl (C=O) groups is 6. The van der Waals surface area contributed by atoms with Crippen molar-refractivity contribution in [3.05, 3.63) is 43.7 Å². The SMILES string of the molecule is CN(C(=O)CN(CCO)CC(=O)Nc1c(I)c(C(=O)NCC(O)CO)c(I)c(C(=O)NCC(O)CO)c1I)c1c(I)c(C(=O)NCC(O)CO)c(I)c(C(=O)NCC(O)CO)c1I. The summed E-state index contributed by atoms with van der Waals surface area (Å²) in [7, 11) is 1.36. The lowest BCUT2D eigenvalue weighted by Crippen LogP contribution is -2.44. The summed E-state index contributed by atoms with van der Waals surface area (Å²) in [6.45, 7) is -5.79. The number of aliphatic hydroxyl groups excluding tert-OH is 9. The third-order valence-electron chi connectivity index (χ3n) is 8.47. The molecule has 0 aliphatic rings. The lowest BCUT2D eigenvalue weighted by Gasteiger charge is -2.28. The van der Waals surface area contributed by atoms with Crippen molar-refractivity contribution < 1.29 is 74.7 Å². The Kier molecular flexibility index (Phi) is 26.4. The van der Waals surface area contributed by atoms with E-state index in [2.05, 4.69) is 26.6 Å². The Hall–Kier alpha value is -0.760. The van der Waals surface area contributed by atoms with E-state index in [1.54, 1.807) is 90.4 Å². The van der Waals surface area contributed by atoms with E-state index in [-0.39, 0.29) is 87.8 Å². The van der Waals surface area contributed by atoms with E-state index in [1.165, 1.54) is 11.9 Å². The van der Waals surface area contributed by atoms with Crippen molar-refractivity contribution in [2.24, 2.45) is 0 Å². The summed E-state index contributed by atoms with van der Waals surface area (Å²) in [6, 6.07) is 0. The van der Waals surface area contributed by atoms with E-state index in [4.69, 9.17) is 0 Å². The van der Waals surface area contributed by atoms with Crippen molar-refractivity contribution >= 4 is 182 Å². The summed E-state index contributed by atoms with van der Waals surface area (Å²) < 4.78 is 1.01. The highest BCUT2D eigenvalue weighted by Crippen LogP contribution is 2.38. The number of aliphatic hydroxyl groups is 9. The van der Waals surface area contributed by atoms with Crippen LogP contribution in [0.4, 0.5) is 11.4 Å². The van der Waals surface area contributed by atoms with Crippen molar-refractivity contribution in [2.75, 3.05) is 96.1 Å². The molecule has 4 unspecified atom stereocenters. The van der Waals surface area contributed by atoms with Gasteiger partial charge in [0.1, 0.15) is 0 Å². The third-order valence-corrected chi connectivity index (χ3v) is 14.9. The van der Waals surface area contributed by atoms with Gasteiger partial charge in [0.15, 0.2) is 0 Å². The van der Waals surface area contributed by atoms with Crippen molar-refractivity contribution in [2.45, 2.75) is 24.4 Å². The maximum Gasteiger partial charge on any atom is 0.253 e. The molecule has 2 aromatic rings. The first-order valence-electron chi connectivity index (χ1n) is 18.2. The fourth-order valence-corrected chi connectivity index (χ4v) is 14.4. The smallest absolute Gasteiger partial charge is 0.253 e. The quantitative estimate of drug-likeness (QED) is 0.0485. The Balaban J connectivity index is 2.59. The summed E-state index contributed by atoms with van der Waals surface area (Å²) in [5.74, 6) is -4.49. The van der Waals surface area contributed by atoms with Crippen LogP contribution in [0.2, 0.25) is 0 Å². The zero-order valence-electron chi connectivity index (χ0n) is 32.9. The first kappa shape index (κ1) is 58.4. The molecule has 0 radical (unpaired) electrons. The maximum atomic E-state index is 14.1. The number of likely N-dealkylation sites (N-methyl/N-ethyl adjacent to an activating group) is 1. The maximum absolute atomic E-state index is 14.1. The number of nitrogens with zero attached hydrogens (tertiary/aromatic N) is 2. The van der Waals surface area contributed by atoms with Crippen molar-refractivity contribution in [1.82, 2.24) is 26.2 Å². The number of halogens is 6. The fourth-order valence-electron chi connectivity index (χ4n) is 5.13. The van der Waals surface area contributed by atoms with Gasteiger partial charge in [0, 0.05) is 46.9 Å². The van der Waals surface area contributed by atoms with Gasteiger partial charge in [-0.05, 0) is 136 Å². The number of amides is 6. The molecule has 0 saturated carbocycles. The molecule has 22 nitrogen and oxygen atoms in total. The Labute approximate surface area is 442 Å². The van der Waals surface area contributed by atoms with Gasteiger partial charge in [0.05, 0.1) is 118 Å². The Morgan fingerprint density at radius 2 is 0.825 bits per heavy atom. The number of rotatable bonds is 24. The van der Waals surface area contributed by atoms with E-state index >= 15 is 0 Å². The Morgan fingerprint density at radius 3 is 1.13 bits per heavy atom. The van der Waals surface area contributed by atoms with Gasteiger partial charge < -0.3 is 77.4 Å². The van der Waals surface area contributed by atoms with Crippen LogP contribution in [0.3, 0.4) is 0 Å². The third kappa shape index (κ3) is 16.5. The lowest BCUT2D eigenvalue weighted by molar-refractivity contribution is -0.121. The molecule has 6 amide bonds. The molecule has 63 heavy (non-hydrogen) atoms. The van der Waals surface area contributed by atoms with Crippen molar-refractivity contribution in [3.63, 3.8) is 0 Å². The normalized spacial score (nSPS) is 13.2. The first-order valence-corrected chi connectivity index (χ1v) is 24.7. The molecular formula is C35H45I6N7O15. The topological polar surface area (TPSA) is 351 Å². The van der Waals surface area contributed by atoms with Crippen LogP contribution in [-0.4, -0.2) is 197 Å². The molecule has 0 spiro atoms. The van der Waals surface area contributed by atoms with E-state index in [9.17, 15) is 74.7 Å². The van der Waals surface area contributed by atoms with Crippen LogP contribution >= 0.6 is 136 Å². The molecule has 0 bridgehead atoms. The second-order valence-corrected chi connectivity index (χ2v) is 19.7. The van der Waals surface area contributed by atoms with Crippen LogP contribution in [-0.2, 0) is 9.59 Å². The summed E-state index contributed by atoms with van der Waals surface area (Å²) in [6.07, 6.45) is -5.20. The zero-order chi connectivity index (χ0) is 47.9. The number of benzene rings is 2. The highest BCUT2D eigenvalue weighted by molar-refractivity contribution is 14.1. The van der Waals surface area contributed by atoms with Crippen molar-refractivity contribution in [1.29, 1.82) is 0 Å². The second-order valence-electron chi connectivity index (χ2n) is 13.2. The Bertz CT molecular complexity index is 1900. The van der Waals surface area contributed by atoms with E-state index in [1.807, 2.05) is 45.2 Å². The average molecular weight is 1570 g/mol. The predicted octanol–water partition coefficient (Wildman–Crippen LogP) is -2.46. The molecule has 14 N–H and O–H groups in total. The number of carbonyl (C=O) groups excluding carboxylic acids is 6. The van der Waals surface area contributed by atoms with E-state index in [0.717, 1.165) is 4.90 Å². The Morgan fingerprint density at radius 1 is 0.508 bits per heavy atom. The highest BCUT2D eigenvalue weighted by atomic mass is 127. The van der Waals surface area contributed by atoms with Crippen molar-refractivity contribution in [3.8, 4) is 0 Å². The molecular weight excluding hydrogens is 1520 g/mol. The second kappa shape index (κ2) is 28.5. The van der Waals surface area contributed by atoms with Gasteiger partial charge in [-0.2, -0.15) is 0 Å². The summed E-state index contributed by atoms with van der Waals surface area (Å²) >= 11 is 10.8.